The first kappa shape index (κ1) is 115. The average Bonchev–Trinajstić information content (AvgIpc) is 0.796. The number of rotatable bonds is 31. The van der Waals surface area contributed by atoms with Crippen LogP contribution < -0.4 is 9.47 Å². The fourth-order valence-electron chi connectivity index (χ4n) is 12.8. The molecule has 0 spiro atoms. The Hall–Kier alpha value is -6.02. The number of benzene rings is 4. The minimum Gasteiger partial charge on any atom is -0.457 e. The van der Waals surface area contributed by atoms with E-state index in [1.54, 1.807) is 56.0 Å². The van der Waals surface area contributed by atoms with E-state index in [-0.39, 0.29) is 157 Å². The van der Waals surface area contributed by atoms with Crippen LogP contribution >= 0.6 is 22.2 Å². The topological polar surface area (TPSA) is 417 Å². The van der Waals surface area contributed by atoms with Crippen molar-refractivity contribution in [2.45, 2.75) is 72.9 Å². The number of amides is 8. The van der Waals surface area contributed by atoms with Gasteiger partial charge in [0.2, 0.25) is 6.69 Å². The van der Waals surface area contributed by atoms with Gasteiger partial charge in [-0.2, -0.15) is 0 Å². The third kappa shape index (κ3) is 38.6. The van der Waals surface area contributed by atoms with E-state index in [0.29, 0.717) is 105 Å². The lowest BCUT2D eigenvalue weighted by molar-refractivity contribution is 0.0561. The maximum absolute atomic E-state index is 14.4. The second-order valence-electron chi connectivity index (χ2n) is 30.8. The zero-order chi connectivity index (χ0) is 94.3. The molecule has 4 aromatic carbocycles. The molecule has 15 radical (unpaired) electrons. The van der Waals surface area contributed by atoms with Crippen molar-refractivity contribution in [3.63, 3.8) is 0 Å². The quantitative estimate of drug-likeness (QED) is 0.0244. The molecular weight excluding hydrogens is 1760 g/mol. The van der Waals surface area contributed by atoms with Crippen LogP contribution in [-0.4, -0.2) is 459 Å². The van der Waals surface area contributed by atoms with Gasteiger partial charge in [0.25, 0.3) is 47.3 Å². The fraction of sp³-hybridized carbons (Fsp3) is 0.573. The summed E-state index contributed by atoms with van der Waals surface area (Å²) >= 11 is 10.9. The molecule has 4 aliphatic rings. The molecule has 4 saturated heterocycles. The molecular formula is C75H118B11Cl2N8O26Si5. The van der Waals surface area contributed by atoms with Gasteiger partial charge in [0.1, 0.15) is 23.0 Å². The fourth-order valence-corrected chi connectivity index (χ4v) is 17.8. The summed E-state index contributed by atoms with van der Waals surface area (Å²) in [5.74, 6) is -3.79. The Labute approximate surface area is 772 Å². The molecule has 4 heterocycles. The molecule has 4 fully saturated rings. The van der Waals surface area contributed by atoms with Crippen LogP contribution in [0.1, 0.15) is 90.3 Å². The minimum absolute atomic E-state index is 0. The number of aliphatic hydroxyl groups is 8. The van der Waals surface area contributed by atoms with Crippen LogP contribution in [0.4, 0.5) is 0 Å². The van der Waals surface area contributed by atoms with Gasteiger partial charge in [0.15, 0.2) is 0 Å². The number of carbonyl (C=O) groups excluding carboxylic acids is 8. The SMILES string of the molecule is C.C[Si](C)(Cl)Cl.C[Si]1(C)OCCN(C(=O)c2ccc(Oc3ccc(C(=O)N4CCO[Si](C)(C)OCC4)c(C(=O)N4CCO[Si](C)(C)OCC4)c3)cc2C(=O)N2CCO[Si](C)(C)OCC2)CCO1.O=C(c1ccc(Oc2ccc(C(=O)N(CCO)CCO)c(C(=O)N(CCO)CCO)c2)cc1C(=O)N(CCO)CCO)N(CCO)CCO.[B][B].[B][B]B(B([B])[B])B([B])[B]. The van der Waals surface area contributed by atoms with Crippen molar-refractivity contribution >= 4 is 191 Å². The molecule has 8 rings (SSSR count). The Kier molecular flexibility index (Phi) is 52.1. The highest BCUT2D eigenvalue weighted by Crippen LogP contribution is 2.33. The number of carbonyl (C=O) groups is 8. The highest BCUT2D eigenvalue weighted by atomic mass is 35.7. The van der Waals surface area contributed by atoms with E-state index in [1.165, 1.54) is 43.5 Å². The van der Waals surface area contributed by atoms with E-state index in [0.717, 1.165) is 19.6 Å². The molecule has 0 bridgehead atoms. The lowest BCUT2D eigenvalue weighted by Gasteiger charge is -2.33. The first-order chi connectivity index (χ1) is 59.6. The Bertz CT molecular complexity index is 3810. The smallest absolute Gasteiger partial charge is 0.331 e. The number of ether oxygens (including phenoxy) is 2. The lowest BCUT2D eigenvalue weighted by atomic mass is 8.64. The Balaban J connectivity index is 0.000000564. The molecule has 0 saturated carbocycles. The van der Waals surface area contributed by atoms with E-state index >= 15 is 0 Å². The lowest BCUT2D eigenvalue weighted by Crippen LogP contribution is -2.55. The second kappa shape index (κ2) is 57.4. The first-order valence-corrected chi connectivity index (χ1v) is 57.4. The standard InChI is InChI=1S/C40H62N4O13Si4.C32H46N4O13.C2H6Cl2Si.CH4.B9.B2/c1-58(2)49-21-13-41(14-22-50-58)37(45)33-11-9-31(29-35(33)39(47)43-17-25-53-60(5,6)54-26-18-43)57-32-10-12-34(38(46)42-15-23-51-59(3,4)52-24-16-42)36(30-32)40(48)44-19-27-55-61(7,8)56-28-20-44;37-13-5-33(6-14-38)29(45)25-3-1-23(21-27(25)31(47)35(9-17-41)10-18-42)49-24-2-4-26(30(46)34(7-15-39)8-16-40)28(22-24)32(48)36(11-19-43)12-20-44;1-5(2,3)4;;1-6-9(7(2)3)8(4)5;1-2/h9-12,29-30H,13-28H2,1-8H3;1-4,21-22,37-44H,5-20H2;1-2H3;1H4;;. The molecule has 0 atom stereocenters. The molecule has 0 aliphatic carbocycles. The molecule has 34 nitrogen and oxygen atoms in total. The van der Waals surface area contributed by atoms with E-state index in [1.807, 2.05) is 65.5 Å². The van der Waals surface area contributed by atoms with Crippen molar-refractivity contribution in [3.05, 3.63) is 117 Å². The van der Waals surface area contributed by atoms with Crippen molar-refractivity contribution in [2.24, 2.45) is 0 Å². The summed E-state index contributed by atoms with van der Waals surface area (Å²) in [5.41, 5.74) is 0.0714. The minimum atomic E-state index is -2.32. The molecule has 0 aromatic heterocycles. The number of nitrogens with zero attached hydrogens (tertiary/aromatic N) is 8. The second-order valence-corrected chi connectivity index (χ2v) is 53.2. The van der Waals surface area contributed by atoms with Crippen molar-refractivity contribution in [3.8, 4) is 23.0 Å². The summed E-state index contributed by atoms with van der Waals surface area (Å²) < 4.78 is 60.3. The molecule has 681 valence electrons. The van der Waals surface area contributed by atoms with Gasteiger partial charge in [-0.25, -0.2) is 0 Å². The predicted molar refractivity (Wildman–Crippen MR) is 507 cm³/mol. The van der Waals surface area contributed by atoms with Crippen LogP contribution in [0.2, 0.25) is 65.5 Å². The molecule has 8 amide bonds. The Morgan fingerprint density at radius 3 is 0.709 bits per heavy atom. The maximum atomic E-state index is 14.4. The van der Waals surface area contributed by atoms with Gasteiger partial charge in [0, 0.05) is 185 Å². The highest BCUT2D eigenvalue weighted by molar-refractivity contribution is 7.93. The van der Waals surface area contributed by atoms with Crippen LogP contribution in [0.15, 0.2) is 72.8 Å². The van der Waals surface area contributed by atoms with Crippen LogP contribution in [0.25, 0.3) is 0 Å². The predicted octanol–water partition coefficient (Wildman–Crippen LogP) is 0.0413. The number of hydrogen-bond acceptors (Lipinski definition) is 26. The summed E-state index contributed by atoms with van der Waals surface area (Å²) in [6, 6.07) is 17.3. The molecule has 127 heavy (non-hydrogen) atoms. The average molecular weight is 1880 g/mol. The largest absolute Gasteiger partial charge is 0.457 e. The zero-order valence-corrected chi connectivity index (χ0v) is 80.2. The van der Waals surface area contributed by atoms with E-state index < -0.39 is 130 Å². The van der Waals surface area contributed by atoms with Crippen molar-refractivity contribution in [2.75, 3.05) is 210 Å². The van der Waals surface area contributed by atoms with Gasteiger partial charge >= 0.3 is 34.2 Å². The molecule has 8 N–H and O–H groups in total. The maximum Gasteiger partial charge on any atom is 0.331 e. The summed E-state index contributed by atoms with van der Waals surface area (Å²) in [4.78, 5) is 123. The number of aliphatic hydroxyl groups excluding tert-OH is 8. The number of halogens is 2. The monoisotopic (exact) mass is 1880 g/mol. The highest BCUT2D eigenvalue weighted by Gasteiger charge is 2.38. The summed E-state index contributed by atoms with van der Waals surface area (Å²) in [7, 11) is 26.3. The molecule has 52 heteroatoms. The van der Waals surface area contributed by atoms with Gasteiger partial charge < -0.3 is 125 Å². The van der Waals surface area contributed by atoms with Crippen LogP contribution in [0.5, 0.6) is 23.0 Å². The van der Waals surface area contributed by atoms with E-state index in [9.17, 15) is 79.2 Å². The van der Waals surface area contributed by atoms with Gasteiger partial charge in [0.05, 0.1) is 150 Å². The van der Waals surface area contributed by atoms with Crippen LogP contribution in [0.3, 0.4) is 0 Å². The molecule has 4 aliphatic heterocycles. The van der Waals surface area contributed by atoms with Gasteiger partial charge in [-0.1, -0.05) is 7.43 Å². The van der Waals surface area contributed by atoms with Crippen molar-refractivity contribution in [1.82, 2.24) is 39.2 Å². The van der Waals surface area contributed by atoms with Crippen LogP contribution in [-0.2, 0) is 35.4 Å². The summed E-state index contributed by atoms with van der Waals surface area (Å²) in [6.45, 7) is 18.1. The Morgan fingerprint density at radius 1 is 0.362 bits per heavy atom. The van der Waals surface area contributed by atoms with Crippen molar-refractivity contribution in [1.29, 1.82) is 0 Å². The first-order valence-electron chi connectivity index (χ1n) is 41.1. The van der Waals surface area contributed by atoms with Gasteiger partial charge in [-0.3, -0.25) is 38.4 Å². The van der Waals surface area contributed by atoms with Gasteiger partial charge in [-0.15, -0.1) is 22.2 Å². The summed E-state index contributed by atoms with van der Waals surface area (Å²) in [5, 5.41) is 75.8. The van der Waals surface area contributed by atoms with E-state index in [2.05, 4.69) is 15.5 Å². The normalized spacial score (nSPS) is 16.1. The number of hydrogen-bond donors (Lipinski definition) is 8. The van der Waals surface area contributed by atoms with Gasteiger partial charge in [-0.05, 0) is 138 Å². The molecule has 4 aromatic rings. The zero-order valence-electron chi connectivity index (χ0n) is 73.7. The van der Waals surface area contributed by atoms with E-state index in [4.69, 9.17) is 106 Å². The van der Waals surface area contributed by atoms with Crippen LogP contribution in [0, 0.1) is 0 Å². The third-order valence-electron chi connectivity index (χ3n) is 19.1. The Morgan fingerprint density at radius 2 is 0.535 bits per heavy atom. The van der Waals surface area contributed by atoms with Crippen molar-refractivity contribution < 1.29 is 124 Å². The summed E-state index contributed by atoms with van der Waals surface area (Å²) in [6.07, 6.45) is -1.46. The third-order valence-corrected chi connectivity index (χ3v) is 26.3. The molecule has 0 unspecified atom stereocenters.